The van der Waals surface area contributed by atoms with Crippen molar-refractivity contribution in [1.29, 1.82) is 0 Å². The molecule has 1 aromatic carbocycles. The van der Waals surface area contributed by atoms with Crippen LogP contribution in [0, 0.1) is 0 Å². The number of anilines is 1. The van der Waals surface area contributed by atoms with E-state index in [1.807, 2.05) is 25.1 Å². The number of Topliss-reactive ketones (excluding diaryl/α,β-unsaturated/α-hetero) is 1. The average Bonchev–Trinajstić information content (AvgIpc) is 2.18. The first-order valence-corrected chi connectivity index (χ1v) is 5.46. The third-order valence-corrected chi connectivity index (χ3v) is 2.31. The number of rotatable bonds is 4. The van der Waals surface area contributed by atoms with Crippen LogP contribution in [0.2, 0.25) is 0 Å². The van der Waals surface area contributed by atoms with Crippen molar-refractivity contribution in [3.63, 3.8) is 0 Å². The van der Waals surface area contributed by atoms with Gasteiger partial charge in [0.1, 0.15) is 0 Å². The molecule has 1 N–H and O–H groups in total. The van der Waals surface area contributed by atoms with Crippen LogP contribution in [0.25, 0.3) is 0 Å². The van der Waals surface area contributed by atoms with Gasteiger partial charge >= 0.3 is 0 Å². The van der Waals surface area contributed by atoms with E-state index in [-0.39, 0.29) is 11.7 Å². The SMILES string of the molecule is CC(=O)Nc1ccc(C(C)=O)cc1CN(C)C. The molecular weight excluding hydrogens is 216 g/mol. The Morgan fingerprint density at radius 1 is 1.24 bits per heavy atom. The summed E-state index contributed by atoms with van der Waals surface area (Å²) in [7, 11) is 3.88. The van der Waals surface area contributed by atoms with E-state index in [4.69, 9.17) is 0 Å². The summed E-state index contributed by atoms with van der Waals surface area (Å²) >= 11 is 0. The lowest BCUT2D eigenvalue weighted by Crippen LogP contribution is -2.15. The molecule has 0 aliphatic heterocycles. The average molecular weight is 234 g/mol. The maximum Gasteiger partial charge on any atom is 0.221 e. The zero-order valence-corrected chi connectivity index (χ0v) is 10.7. The van der Waals surface area contributed by atoms with Gasteiger partial charge in [0, 0.05) is 24.7 Å². The molecule has 0 unspecified atom stereocenters. The Labute approximate surface area is 102 Å². The number of carbonyl (C=O) groups excluding carboxylic acids is 2. The van der Waals surface area contributed by atoms with Crippen molar-refractivity contribution >= 4 is 17.4 Å². The summed E-state index contributed by atoms with van der Waals surface area (Å²) in [6.07, 6.45) is 0. The summed E-state index contributed by atoms with van der Waals surface area (Å²) in [4.78, 5) is 24.4. The molecule has 1 amide bonds. The molecule has 0 aliphatic carbocycles. The predicted octanol–water partition coefficient (Wildman–Crippen LogP) is 1.91. The van der Waals surface area contributed by atoms with Crippen LogP contribution in [0.1, 0.15) is 29.8 Å². The van der Waals surface area contributed by atoms with E-state index in [0.717, 1.165) is 11.3 Å². The van der Waals surface area contributed by atoms with Crippen LogP contribution in [0.15, 0.2) is 18.2 Å². The lowest BCUT2D eigenvalue weighted by atomic mass is 10.1. The summed E-state index contributed by atoms with van der Waals surface area (Å²) < 4.78 is 0. The van der Waals surface area contributed by atoms with Crippen molar-refractivity contribution in [3.8, 4) is 0 Å². The standard InChI is InChI=1S/C13H18N2O2/c1-9(16)11-5-6-13(14-10(2)17)12(7-11)8-15(3)4/h5-7H,8H2,1-4H3,(H,14,17). The quantitative estimate of drug-likeness (QED) is 0.810. The third-order valence-electron chi connectivity index (χ3n) is 2.31. The first kappa shape index (κ1) is 13.4. The molecule has 0 fully saturated rings. The zero-order valence-electron chi connectivity index (χ0n) is 10.7. The fourth-order valence-corrected chi connectivity index (χ4v) is 1.60. The Balaban J connectivity index is 3.11. The second kappa shape index (κ2) is 5.59. The topological polar surface area (TPSA) is 49.4 Å². The first-order chi connectivity index (χ1) is 7.90. The Hall–Kier alpha value is -1.68. The number of benzene rings is 1. The van der Waals surface area contributed by atoms with Gasteiger partial charge in [0.05, 0.1) is 0 Å². The molecule has 92 valence electrons. The van der Waals surface area contributed by atoms with E-state index in [0.29, 0.717) is 12.1 Å². The number of nitrogens with one attached hydrogen (secondary N) is 1. The van der Waals surface area contributed by atoms with Crippen LogP contribution < -0.4 is 5.32 Å². The second-order valence-corrected chi connectivity index (χ2v) is 4.35. The Morgan fingerprint density at radius 3 is 2.35 bits per heavy atom. The third kappa shape index (κ3) is 4.00. The minimum absolute atomic E-state index is 0.0272. The molecule has 17 heavy (non-hydrogen) atoms. The monoisotopic (exact) mass is 234 g/mol. The van der Waals surface area contributed by atoms with Gasteiger partial charge in [0.25, 0.3) is 0 Å². The smallest absolute Gasteiger partial charge is 0.221 e. The van der Waals surface area contributed by atoms with Gasteiger partial charge in [-0.05, 0) is 44.8 Å². The summed E-state index contributed by atoms with van der Waals surface area (Å²) in [5.74, 6) is -0.0834. The Kier molecular flexibility index (Phi) is 4.40. The van der Waals surface area contributed by atoms with Crippen LogP contribution >= 0.6 is 0 Å². The highest BCUT2D eigenvalue weighted by Crippen LogP contribution is 2.19. The van der Waals surface area contributed by atoms with E-state index in [1.165, 1.54) is 13.8 Å². The molecule has 0 saturated heterocycles. The molecule has 0 radical (unpaired) electrons. The van der Waals surface area contributed by atoms with Gasteiger partial charge in [0.2, 0.25) is 5.91 Å². The number of ketones is 1. The second-order valence-electron chi connectivity index (χ2n) is 4.35. The van der Waals surface area contributed by atoms with Gasteiger partial charge in [-0.15, -0.1) is 0 Å². The molecule has 4 nitrogen and oxygen atoms in total. The summed E-state index contributed by atoms with van der Waals surface area (Å²) in [6.45, 7) is 3.68. The minimum atomic E-state index is -0.111. The minimum Gasteiger partial charge on any atom is -0.326 e. The summed E-state index contributed by atoms with van der Waals surface area (Å²) in [6, 6.07) is 5.33. The van der Waals surface area contributed by atoms with Crippen LogP contribution in [0.4, 0.5) is 5.69 Å². The number of nitrogens with zero attached hydrogens (tertiary/aromatic N) is 1. The van der Waals surface area contributed by atoms with Gasteiger partial charge in [-0.1, -0.05) is 0 Å². The van der Waals surface area contributed by atoms with E-state index >= 15 is 0 Å². The van der Waals surface area contributed by atoms with E-state index in [9.17, 15) is 9.59 Å². The maximum absolute atomic E-state index is 11.3. The van der Waals surface area contributed by atoms with E-state index in [1.54, 1.807) is 12.1 Å². The molecule has 0 aliphatic rings. The highest BCUT2D eigenvalue weighted by molar-refractivity contribution is 5.96. The lowest BCUT2D eigenvalue weighted by Gasteiger charge is -2.15. The highest BCUT2D eigenvalue weighted by atomic mass is 16.1. The molecule has 1 rings (SSSR count). The van der Waals surface area contributed by atoms with Crippen molar-refractivity contribution in [1.82, 2.24) is 4.90 Å². The number of hydrogen-bond donors (Lipinski definition) is 1. The zero-order chi connectivity index (χ0) is 13.0. The van der Waals surface area contributed by atoms with Crippen molar-refractivity contribution in [3.05, 3.63) is 29.3 Å². The van der Waals surface area contributed by atoms with E-state index < -0.39 is 0 Å². The Morgan fingerprint density at radius 2 is 1.88 bits per heavy atom. The van der Waals surface area contributed by atoms with Crippen LogP contribution in [-0.2, 0) is 11.3 Å². The molecule has 0 aromatic heterocycles. The van der Waals surface area contributed by atoms with Crippen molar-refractivity contribution < 1.29 is 9.59 Å². The van der Waals surface area contributed by atoms with Crippen LogP contribution in [0.5, 0.6) is 0 Å². The number of carbonyl (C=O) groups is 2. The van der Waals surface area contributed by atoms with Gasteiger partial charge in [0.15, 0.2) is 5.78 Å². The van der Waals surface area contributed by atoms with E-state index in [2.05, 4.69) is 5.32 Å². The number of hydrogen-bond acceptors (Lipinski definition) is 3. The fraction of sp³-hybridized carbons (Fsp3) is 0.385. The Bertz CT molecular complexity index is 439. The molecule has 1 aromatic rings. The van der Waals surface area contributed by atoms with Crippen LogP contribution in [-0.4, -0.2) is 30.7 Å². The normalized spacial score (nSPS) is 10.4. The van der Waals surface area contributed by atoms with Crippen molar-refractivity contribution in [2.45, 2.75) is 20.4 Å². The molecule has 0 heterocycles. The van der Waals surface area contributed by atoms with Gasteiger partial charge in [-0.3, -0.25) is 9.59 Å². The highest BCUT2D eigenvalue weighted by Gasteiger charge is 2.08. The van der Waals surface area contributed by atoms with Crippen molar-refractivity contribution in [2.75, 3.05) is 19.4 Å². The van der Waals surface area contributed by atoms with Gasteiger partial charge in [-0.2, -0.15) is 0 Å². The van der Waals surface area contributed by atoms with Gasteiger partial charge < -0.3 is 10.2 Å². The molecule has 0 atom stereocenters. The largest absolute Gasteiger partial charge is 0.326 e. The van der Waals surface area contributed by atoms with Crippen LogP contribution in [0.3, 0.4) is 0 Å². The predicted molar refractivity (Wildman–Crippen MR) is 68.1 cm³/mol. The number of amides is 1. The molecule has 0 spiro atoms. The lowest BCUT2D eigenvalue weighted by molar-refractivity contribution is -0.114. The summed E-state index contributed by atoms with van der Waals surface area (Å²) in [5.41, 5.74) is 2.37. The fourth-order valence-electron chi connectivity index (χ4n) is 1.60. The molecule has 0 bridgehead atoms. The molecular formula is C13H18N2O2. The first-order valence-electron chi connectivity index (χ1n) is 5.46. The maximum atomic E-state index is 11.3. The molecule has 0 saturated carbocycles. The van der Waals surface area contributed by atoms with Gasteiger partial charge in [-0.25, -0.2) is 0 Å². The summed E-state index contributed by atoms with van der Waals surface area (Å²) in [5, 5.41) is 2.77. The molecule has 4 heteroatoms. The van der Waals surface area contributed by atoms with Crippen molar-refractivity contribution in [2.24, 2.45) is 0 Å².